The minimum absolute atomic E-state index is 0.438. The lowest BCUT2D eigenvalue weighted by Crippen LogP contribution is -2.33. The van der Waals surface area contributed by atoms with E-state index in [2.05, 4.69) is 19.6 Å². The first-order valence-electron chi connectivity index (χ1n) is 3.57. The molecule has 0 aromatic rings. The molecule has 0 saturated carbocycles. The second kappa shape index (κ2) is 4.14. The predicted molar refractivity (Wildman–Crippen MR) is 48.3 cm³/mol. The summed E-state index contributed by atoms with van der Waals surface area (Å²) in [6.07, 6.45) is 1.52. The second-order valence-electron chi connectivity index (χ2n) is 3.47. The van der Waals surface area contributed by atoms with Gasteiger partial charge in [-0.25, -0.2) is 0 Å². The molecule has 0 N–H and O–H groups in total. The molecule has 0 saturated heterocycles. The molecule has 0 aliphatic rings. The average molecular weight is 179 g/mol. The van der Waals surface area contributed by atoms with Gasteiger partial charge in [-0.05, 0) is 6.42 Å². The Kier molecular flexibility index (Phi) is 4.21. The van der Waals surface area contributed by atoms with Crippen molar-refractivity contribution in [3.8, 4) is 0 Å². The molecule has 3 heteroatoms. The number of hydrogen-bond acceptors (Lipinski definition) is 1. The van der Waals surface area contributed by atoms with Crippen molar-refractivity contribution in [2.24, 2.45) is 0 Å². The Morgan fingerprint density at radius 3 is 2.20 bits per heavy atom. The van der Waals surface area contributed by atoms with E-state index >= 15 is 0 Å². The molecule has 60 valence electrons. The zero-order valence-corrected chi connectivity index (χ0v) is 8.66. The third kappa shape index (κ3) is 4.07. The van der Waals surface area contributed by atoms with E-state index in [1.165, 1.54) is 0 Å². The van der Waals surface area contributed by atoms with Crippen LogP contribution in [0.3, 0.4) is 0 Å². The van der Waals surface area contributed by atoms with Gasteiger partial charge in [-0.2, -0.15) is 0 Å². The number of alkyl halides is 1. The molecule has 0 rings (SSSR count). The number of carbonyl (C=O) groups excluding carboxylic acids is 1. The first kappa shape index (κ1) is 10.2. The van der Waals surface area contributed by atoms with E-state index in [9.17, 15) is 4.79 Å². The Bertz CT molecular complexity index is 117. The molecule has 1 nitrogen and oxygen atoms in total. The first-order valence-corrected chi connectivity index (χ1v) is 7.61. The highest BCUT2D eigenvalue weighted by Gasteiger charge is 2.22. The summed E-state index contributed by atoms with van der Waals surface area (Å²) in [4.78, 5) is 11.2. The summed E-state index contributed by atoms with van der Waals surface area (Å²) < 4.78 is 0. The van der Waals surface area contributed by atoms with Crippen LogP contribution in [-0.4, -0.2) is 19.4 Å². The SMILES string of the molecule is C[Si](C)(C)C(=O)CCCCl. The van der Waals surface area contributed by atoms with Crippen molar-refractivity contribution in [1.29, 1.82) is 0 Å². The minimum Gasteiger partial charge on any atom is -0.305 e. The van der Waals surface area contributed by atoms with Gasteiger partial charge in [-0.1, -0.05) is 19.6 Å². The first-order chi connectivity index (χ1) is 4.48. The average Bonchev–Trinajstić information content (AvgIpc) is 1.80. The van der Waals surface area contributed by atoms with Crippen LogP contribution < -0.4 is 0 Å². The zero-order valence-electron chi connectivity index (χ0n) is 6.91. The number of hydrogen-bond donors (Lipinski definition) is 0. The van der Waals surface area contributed by atoms with Gasteiger partial charge in [0.15, 0.2) is 0 Å². The zero-order chi connectivity index (χ0) is 8.20. The van der Waals surface area contributed by atoms with Gasteiger partial charge < -0.3 is 4.79 Å². The minimum atomic E-state index is -1.50. The number of rotatable bonds is 4. The molecule has 0 unspecified atom stereocenters. The fourth-order valence-electron chi connectivity index (χ4n) is 0.602. The predicted octanol–water partition coefficient (Wildman–Crippen LogP) is 2.45. The van der Waals surface area contributed by atoms with E-state index in [1.807, 2.05) is 0 Å². The Morgan fingerprint density at radius 2 is 1.90 bits per heavy atom. The Hall–Kier alpha value is 0.177. The molecule has 0 heterocycles. The molecule has 0 aromatic carbocycles. The molecular formula is C7H15ClOSi. The molecule has 0 aliphatic heterocycles. The van der Waals surface area contributed by atoms with Gasteiger partial charge in [0.05, 0.1) is 0 Å². The molecule has 0 bridgehead atoms. The van der Waals surface area contributed by atoms with Crippen LogP contribution >= 0.6 is 11.6 Å². The van der Waals surface area contributed by atoms with Gasteiger partial charge in [0.1, 0.15) is 13.5 Å². The lowest BCUT2D eigenvalue weighted by molar-refractivity contribution is -0.112. The van der Waals surface area contributed by atoms with E-state index in [1.54, 1.807) is 0 Å². The monoisotopic (exact) mass is 178 g/mol. The van der Waals surface area contributed by atoms with Crippen LogP contribution in [0.15, 0.2) is 0 Å². The Labute approximate surface area is 68.8 Å². The second-order valence-corrected chi connectivity index (χ2v) is 8.90. The summed E-state index contributed by atoms with van der Waals surface area (Å²) in [6, 6.07) is 0. The van der Waals surface area contributed by atoms with Crippen LogP contribution in [0, 0.1) is 0 Å². The van der Waals surface area contributed by atoms with E-state index in [4.69, 9.17) is 11.6 Å². The quantitative estimate of drug-likeness (QED) is 0.478. The van der Waals surface area contributed by atoms with Crippen LogP contribution in [0.2, 0.25) is 19.6 Å². The van der Waals surface area contributed by atoms with Gasteiger partial charge in [0, 0.05) is 12.3 Å². The standard InChI is InChI=1S/C7H15ClOSi/c1-10(2,3)7(9)5-4-6-8/h4-6H2,1-3H3. The van der Waals surface area contributed by atoms with Crippen molar-refractivity contribution in [3.63, 3.8) is 0 Å². The van der Waals surface area contributed by atoms with E-state index < -0.39 is 8.07 Å². The summed E-state index contributed by atoms with van der Waals surface area (Å²) in [7, 11) is -1.50. The highest BCUT2D eigenvalue weighted by molar-refractivity contribution is 7.03. The lowest BCUT2D eigenvalue weighted by atomic mass is 10.4. The van der Waals surface area contributed by atoms with E-state index in [0.29, 0.717) is 17.7 Å². The van der Waals surface area contributed by atoms with Crippen molar-refractivity contribution >= 4 is 25.1 Å². The molecule has 10 heavy (non-hydrogen) atoms. The number of carbonyl (C=O) groups is 1. The fourth-order valence-corrected chi connectivity index (χ4v) is 1.66. The molecule has 0 aliphatic carbocycles. The molecule has 0 amide bonds. The van der Waals surface area contributed by atoms with Gasteiger partial charge in [-0.15, -0.1) is 11.6 Å². The van der Waals surface area contributed by atoms with Gasteiger partial charge in [0.2, 0.25) is 0 Å². The highest BCUT2D eigenvalue weighted by Crippen LogP contribution is 2.07. The summed E-state index contributed by atoms with van der Waals surface area (Å²) in [5.74, 6) is 0.607. The van der Waals surface area contributed by atoms with Gasteiger partial charge in [-0.3, -0.25) is 0 Å². The van der Waals surface area contributed by atoms with Crippen LogP contribution in [-0.2, 0) is 4.79 Å². The highest BCUT2D eigenvalue weighted by atomic mass is 35.5. The lowest BCUT2D eigenvalue weighted by Gasteiger charge is -2.12. The third-order valence-corrected chi connectivity index (χ3v) is 3.56. The van der Waals surface area contributed by atoms with Gasteiger partial charge in [0.25, 0.3) is 0 Å². The van der Waals surface area contributed by atoms with Gasteiger partial charge >= 0.3 is 0 Å². The summed E-state index contributed by atoms with van der Waals surface area (Å²) in [5.41, 5.74) is 0. The topological polar surface area (TPSA) is 17.1 Å². The van der Waals surface area contributed by atoms with E-state index in [-0.39, 0.29) is 0 Å². The van der Waals surface area contributed by atoms with Crippen molar-refractivity contribution < 1.29 is 4.79 Å². The number of halogens is 1. The smallest absolute Gasteiger partial charge is 0.123 e. The maximum Gasteiger partial charge on any atom is 0.123 e. The van der Waals surface area contributed by atoms with Crippen molar-refractivity contribution in [2.75, 3.05) is 5.88 Å². The summed E-state index contributed by atoms with van der Waals surface area (Å²) >= 11 is 5.46. The van der Waals surface area contributed by atoms with E-state index in [0.717, 1.165) is 6.42 Å². The summed E-state index contributed by atoms with van der Waals surface area (Å²) in [5, 5.41) is 0.438. The summed E-state index contributed by atoms with van der Waals surface area (Å²) in [6.45, 7) is 6.22. The fraction of sp³-hybridized carbons (Fsp3) is 0.857. The Balaban J connectivity index is 3.64. The van der Waals surface area contributed by atoms with Crippen LogP contribution in [0.25, 0.3) is 0 Å². The van der Waals surface area contributed by atoms with Crippen molar-refractivity contribution in [2.45, 2.75) is 32.5 Å². The molecule has 0 atom stereocenters. The van der Waals surface area contributed by atoms with Crippen LogP contribution in [0.5, 0.6) is 0 Å². The Morgan fingerprint density at radius 1 is 1.40 bits per heavy atom. The normalized spacial score (nSPS) is 11.6. The van der Waals surface area contributed by atoms with Crippen molar-refractivity contribution in [1.82, 2.24) is 0 Å². The van der Waals surface area contributed by atoms with Crippen LogP contribution in [0.4, 0.5) is 0 Å². The molecule has 0 fully saturated rings. The van der Waals surface area contributed by atoms with Crippen molar-refractivity contribution in [3.05, 3.63) is 0 Å². The third-order valence-electron chi connectivity index (χ3n) is 1.37. The molecule has 0 radical (unpaired) electrons. The molecular weight excluding hydrogens is 164 g/mol. The largest absolute Gasteiger partial charge is 0.305 e. The maximum absolute atomic E-state index is 11.2. The van der Waals surface area contributed by atoms with Crippen LogP contribution in [0.1, 0.15) is 12.8 Å². The molecule has 0 aromatic heterocycles. The molecule has 0 spiro atoms. The maximum atomic E-state index is 11.2.